The molecule has 0 aliphatic carbocycles. The van der Waals surface area contributed by atoms with Crippen LogP contribution in [0.3, 0.4) is 0 Å². The van der Waals surface area contributed by atoms with Crippen molar-refractivity contribution in [3.8, 4) is 0 Å². The first kappa shape index (κ1) is 18.5. The molecule has 2 amide bonds. The van der Waals surface area contributed by atoms with Crippen LogP contribution >= 0.6 is 0 Å². The Kier molecular flexibility index (Phi) is 4.54. The lowest BCUT2D eigenvalue weighted by Gasteiger charge is -2.29. The lowest BCUT2D eigenvalue weighted by Crippen LogP contribution is -2.37. The number of fused-ring (bicyclic) bond motifs is 1. The minimum atomic E-state index is -0.133. The van der Waals surface area contributed by atoms with E-state index in [9.17, 15) is 9.59 Å². The Labute approximate surface area is 173 Å². The van der Waals surface area contributed by atoms with Gasteiger partial charge in [-0.05, 0) is 18.6 Å². The molecule has 5 rings (SSSR count). The standard InChI is InChI=1S/C22H21N5O3/c1-14-9-19(25-30-14)22(29)27-12-17-11-26(21(28)16-7-8-23-24-10-16)13-18(17)20(27)15-5-3-2-4-6-15/h2-10,17-18,20H,11-13H2,1H3/t17-,18-,20+/m0/s1. The molecule has 152 valence electrons. The molecule has 8 nitrogen and oxygen atoms in total. The Hall–Kier alpha value is -3.55. The van der Waals surface area contributed by atoms with Gasteiger partial charge in [0.05, 0.1) is 24.0 Å². The topological polar surface area (TPSA) is 92.4 Å². The van der Waals surface area contributed by atoms with E-state index in [0.717, 1.165) is 5.56 Å². The van der Waals surface area contributed by atoms with E-state index in [1.807, 2.05) is 40.1 Å². The number of hydrogen-bond donors (Lipinski definition) is 0. The van der Waals surface area contributed by atoms with Crippen LogP contribution in [0, 0.1) is 18.8 Å². The Morgan fingerprint density at radius 2 is 1.87 bits per heavy atom. The number of amides is 2. The molecule has 0 unspecified atom stereocenters. The van der Waals surface area contributed by atoms with Crippen molar-refractivity contribution in [2.24, 2.45) is 11.8 Å². The first-order valence-corrected chi connectivity index (χ1v) is 9.97. The highest BCUT2D eigenvalue weighted by Crippen LogP contribution is 2.45. The van der Waals surface area contributed by atoms with Crippen LogP contribution < -0.4 is 0 Å². The molecule has 3 atom stereocenters. The number of aryl methyl sites for hydroxylation is 1. The second-order valence-corrected chi connectivity index (χ2v) is 7.90. The average Bonchev–Trinajstić information content (AvgIpc) is 3.48. The molecule has 2 aliphatic rings. The van der Waals surface area contributed by atoms with Crippen molar-refractivity contribution in [2.45, 2.75) is 13.0 Å². The fourth-order valence-electron chi connectivity index (χ4n) is 4.71. The largest absolute Gasteiger partial charge is 0.361 e. The summed E-state index contributed by atoms with van der Waals surface area (Å²) in [6.07, 6.45) is 3.02. The molecule has 2 saturated heterocycles. The van der Waals surface area contributed by atoms with Crippen molar-refractivity contribution < 1.29 is 14.1 Å². The Morgan fingerprint density at radius 1 is 1.03 bits per heavy atom. The smallest absolute Gasteiger partial charge is 0.276 e. The van der Waals surface area contributed by atoms with Crippen molar-refractivity contribution in [3.05, 3.63) is 77.4 Å². The van der Waals surface area contributed by atoms with Crippen molar-refractivity contribution in [1.82, 2.24) is 25.2 Å². The molecule has 1 aromatic carbocycles. The Balaban J connectivity index is 1.43. The van der Waals surface area contributed by atoms with E-state index in [1.165, 1.54) is 12.4 Å². The third-order valence-electron chi connectivity index (χ3n) is 6.03. The van der Waals surface area contributed by atoms with Crippen LogP contribution in [0.25, 0.3) is 0 Å². The van der Waals surface area contributed by atoms with Crippen LogP contribution in [0.1, 0.15) is 38.2 Å². The van der Waals surface area contributed by atoms with E-state index in [0.29, 0.717) is 36.7 Å². The summed E-state index contributed by atoms with van der Waals surface area (Å²) in [4.78, 5) is 29.9. The second-order valence-electron chi connectivity index (χ2n) is 7.90. The molecular formula is C22H21N5O3. The molecule has 2 fully saturated rings. The van der Waals surface area contributed by atoms with E-state index in [2.05, 4.69) is 15.4 Å². The highest BCUT2D eigenvalue weighted by atomic mass is 16.5. The number of aromatic nitrogens is 3. The summed E-state index contributed by atoms with van der Waals surface area (Å²) in [6.45, 7) is 3.55. The van der Waals surface area contributed by atoms with Gasteiger partial charge in [0.2, 0.25) is 0 Å². The van der Waals surface area contributed by atoms with Gasteiger partial charge in [0.25, 0.3) is 11.8 Å². The predicted molar refractivity (Wildman–Crippen MR) is 106 cm³/mol. The number of benzene rings is 1. The Morgan fingerprint density at radius 3 is 2.57 bits per heavy atom. The fourth-order valence-corrected chi connectivity index (χ4v) is 4.71. The molecule has 0 bridgehead atoms. The highest BCUT2D eigenvalue weighted by Gasteiger charge is 2.50. The minimum absolute atomic E-state index is 0.0453. The number of hydrogen-bond acceptors (Lipinski definition) is 6. The number of nitrogens with zero attached hydrogens (tertiary/aromatic N) is 5. The molecule has 2 aliphatic heterocycles. The molecule has 8 heteroatoms. The van der Waals surface area contributed by atoms with Gasteiger partial charge in [-0.3, -0.25) is 9.59 Å². The van der Waals surface area contributed by atoms with Crippen LogP contribution in [-0.2, 0) is 0 Å². The first-order valence-electron chi connectivity index (χ1n) is 9.97. The van der Waals surface area contributed by atoms with E-state index in [1.54, 1.807) is 19.1 Å². The third-order valence-corrected chi connectivity index (χ3v) is 6.03. The van der Waals surface area contributed by atoms with Crippen LogP contribution in [0.15, 0.2) is 59.4 Å². The van der Waals surface area contributed by atoms with Crippen LogP contribution in [-0.4, -0.2) is 56.6 Å². The van der Waals surface area contributed by atoms with Gasteiger partial charge >= 0.3 is 0 Å². The lowest BCUT2D eigenvalue weighted by molar-refractivity contribution is 0.0668. The van der Waals surface area contributed by atoms with E-state index in [4.69, 9.17) is 4.52 Å². The van der Waals surface area contributed by atoms with E-state index < -0.39 is 0 Å². The average molecular weight is 403 g/mol. The molecule has 0 spiro atoms. The maximum absolute atomic E-state index is 13.2. The molecule has 3 aromatic rings. The van der Waals surface area contributed by atoms with Gasteiger partial charge < -0.3 is 14.3 Å². The summed E-state index contributed by atoms with van der Waals surface area (Å²) >= 11 is 0. The zero-order valence-electron chi connectivity index (χ0n) is 16.5. The molecule has 0 radical (unpaired) electrons. The van der Waals surface area contributed by atoms with E-state index >= 15 is 0 Å². The molecule has 4 heterocycles. The normalized spacial score (nSPS) is 22.9. The fraction of sp³-hybridized carbons (Fsp3) is 0.318. The summed E-state index contributed by atoms with van der Waals surface area (Å²) in [5, 5.41) is 11.5. The van der Waals surface area contributed by atoms with E-state index in [-0.39, 0.29) is 29.7 Å². The number of carbonyl (C=O) groups is 2. The van der Waals surface area contributed by atoms with Gasteiger partial charge in [0, 0.05) is 37.5 Å². The van der Waals surface area contributed by atoms with Gasteiger partial charge in [-0.15, -0.1) is 0 Å². The molecule has 2 aromatic heterocycles. The number of carbonyl (C=O) groups excluding carboxylic acids is 2. The molecule has 0 N–H and O–H groups in total. The first-order chi connectivity index (χ1) is 14.6. The van der Waals surface area contributed by atoms with Gasteiger partial charge in [0.1, 0.15) is 5.76 Å². The van der Waals surface area contributed by atoms with Gasteiger partial charge in [-0.2, -0.15) is 10.2 Å². The van der Waals surface area contributed by atoms with Gasteiger partial charge in [0.15, 0.2) is 5.69 Å². The zero-order valence-corrected chi connectivity index (χ0v) is 16.5. The maximum Gasteiger partial charge on any atom is 0.276 e. The third kappa shape index (κ3) is 3.14. The lowest BCUT2D eigenvalue weighted by atomic mass is 9.89. The summed E-state index contributed by atoms with van der Waals surface area (Å²) in [5.74, 6) is 0.785. The molecule has 30 heavy (non-hydrogen) atoms. The van der Waals surface area contributed by atoms with Crippen molar-refractivity contribution in [1.29, 1.82) is 0 Å². The SMILES string of the molecule is Cc1cc(C(=O)N2C[C@@H]3CN(C(=O)c4ccnnc4)C[C@@H]3[C@H]2c2ccccc2)no1. The van der Waals surface area contributed by atoms with Crippen LogP contribution in [0.5, 0.6) is 0 Å². The summed E-state index contributed by atoms with van der Waals surface area (Å²) < 4.78 is 5.12. The Bertz CT molecular complexity index is 1070. The van der Waals surface area contributed by atoms with Crippen molar-refractivity contribution in [2.75, 3.05) is 19.6 Å². The van der Waals surface area contributed by atoms with Crippen LogP contribution in [0.4, 0.5) is 0 Å². The zero-order chi connectivity index (χ0) is 20.7. The maximum atomic E-state index is 13.2. The van der Waals surface area contributed by atoms with Crippen LogP contribution in [0.2, 0.25) is 0 Å². The highest BCUT2D eigenvalue weighted by molar-refractivity contribution is 5.94. The quantitative estimate of drug-likeness (QED) is 0.667. The number of likely N-dealkylation sites (tertiary alicyclic amines) is 2. The van der Waals surface area contributed by atoms with Gasteiger partial charge in [-0.25, -0.2) is 0 Å². The molecular weight excluding hydrogens is 382 g/mol. The monoisotopic (exact) mass is 403 g/mol. The summed E-state index contributed by atoms with van der Waals surface area (Å²) in [5.41, 5.74) is 1.93. The predicted octanol–water partition coefficient (Wildman–Crippen LogP) is 2.36. The summed E-state index contributed by atoms with van der Waals surface area (Å²) in [7, 11) is 0. The second kappa shape index (κ2) is 7.37. The van der Waals surface area contributed by atoms with Crippen molar-refractivity contribution in [3.63, 3.8) is 0 Å². The minimum Gasteiger partial charge on any atom is -0.361 e. The van der Waals surface area contributed by atoms with Crippen molar-refractivity contribution >= 4 is 11.8 Å². The number of rotatable bonds is 3. The molecule has 0 saturated carbocycles. The van der Waals surface area contributed by atoms with Gasteiger partial charge in [-0.1, -0.05) is 35.5 Å². The summed E-state index contributed by atoms with van der Waals surface area (Å²) in [6, 6.07) is 13.2.